The lowest BCUT2D eigenvalue weighted by Gasteiger charge is -2.02. The Morgan fingerprint density at radius 3 is 2.65 bits per heavy atom. The Morgan fingerprint density at radius 2 is 2.18 bits per heavy atom. The number of carbonyl (C=O) groups is 1. The number of aromatic nitrogens is 1. The number of aliphatic carboxylic acids is 1. The van der Waals surface area contributed by atoms with Gasteiger partial charge < -0.3 is 5.11 Å². The molecule has 0 bridgehead atoms. The summed E-state index contributed by atoms with van der Waals surface area (Å²) in [5.41, 5.74) is 0.853. The van der Waals surface area contributed by atoms with Crippen LogP contribution in [-0.4, -0.2) is 30.2 Å². The molecule has 0 radical (unpaired) electrons. The van der Waals surface area contributed by atoms with Crippen molar-refractivity contribution in [2.75, 3.05) is 10.5 Å². The fourth-order valence-electron chi connectivity index (χ4n) is 1.21. The van der Waals surface area contributed by atoms with Crippen molar-refractivity contribution < 1.29 is 18.3 Å². The van der Waals surface area contributed by atoms with Gasteiger partial charge in [0.15, 0.2) is 5.13 Å². The van der Waals surface area contributed by atoms with Crippen molar-refractivity contribution in [3.05, 3.63) is 10.6 Å². The molecule has 0 aliphatic carbocycles. The first-order valence-electron chi connectivity index (χ1n) is 5.02. The van der Waals surface area contributed by atoms with Crippen LogP contribution in [-0.2, 0) is 21.2 Å². The number of carboxylic acid groups (broad SMARTS) is 1. The predicted octanol–water partition coefficient (Wildman–Crippen LogP) is 1.23. The molecule has 1 aromatic heterocycles. The lowest BCUT2D eigenvalue weighted by molar-refractivity contribution is -0.136. The Morgan fingerprint density at radius 1 is 1.53 bits per heavy atom. The molecule has 0 spiro atoms. The summed E-state index contributed by atoms with van der Waals surface area (Å²) in [5.74, 6) is -1.58. The maximum Gasteiger partial charge on any atom is 0.304 e. The predicted molar refractivity (Wildman–Crippen MR) is 65.9 cm³/mol. The van der Waals surface area contributed by atoms with Crippen molar-refractivity contribution in [1.82, 2.24) is 4.98 Å². The first kappa shape index (κ1) is 13.9. The first-order valence-corrected chi connectivity index (χ1v) is 7.49. The van der Waals surface area contributed by atoms with Gasteiger partial charge in [-0.1, -0.05) is 6.92 Å². The van der Waals surface area contributed by atoms with Gasteiger partial charge in [-0.05, 0) is 13.3 Å². The van der Waals surface area contributed by atoms with Crippen molar-refractivity contribution in [3.8, 4) is 0 Å². The number of sulfonamides is 1. The summed E-state index contributed by atoms with van der Waals surface area (Å²) >= 11 is 1.25. The average Bonchev–Trinajstić information content (AvgIpc) is 2.55. The summed E-state index contributed by atoms with van der Waals surface area (Å²) in [5, 5.41) is 8.72. The van der Waals surface area contributed by atoms with Gasteiger partial charge >= 0.3 is 5.97 Å². The van der Waals surface area contributed by atoms with Crippen LogP contribution in [0, 0.1) is 6.92 Å². The molecule has 0 saturated heterocycles. The topological polar surface area (TPSA) is 96.4 Å². The van der Waals surface area contributed by atoms with Gasteiger partial charge in [0.05, 0.1) is 17.9 Å². The largest absolute Gasteiger partial charge is 0.481 e. The minimum Gasteiger partial charge on any atom is -0.481 e. The summed E-state index contributed by atoms with van der Waals surface area (Å²) in [6.45, 7) is 3.80. The van der Waals surface area contributed by atoms with E-state index in [1.165, 1.54) is 11.3 Å². The first-order chi connectivity index (χ1) is 7.84. The second-order valence-electron chi connectivity index (χ2n) is 3.44. The number of nitrogens with one attached hydrogen (secondary N) is 1. The average molecular weight is 278 g/mol. The monoisotopic (exact) mass is 278 g/mol. The number of hydrogen-bond acceptors (Lipinski definition) is 5. The standard InChI is InChI=1S/C9H14N2O4S2/c1-3-7-6(2)16-9(10-7)11-17(14,15)5-4-8(12)13/h3-5H2,1-2H3,(H,10,11)(H,12,13). The van der Waals surface area contributed by atoms with E-state index in [2.05, 4.69) is 9.71 Å². The second kappa shape index (κ2) is 5.46. The van der Waals surface area contributed by atoms with Gasteiger partial charge in [-0.2, -0.15) is 0 Å². The van der Waals surface area contributed by atoms with E-state index in [1.54, 1.807) is 0 Å². The molecule has 0 fully saturated rings. The van der Waals surface area contributed by atoms with Crippen LogP contribution < -0.4 is 4.72 Å². The maximum atomic E-state index is 11.5. The number of rotatable bonds is 6. The highest BCUT2D eigenvalue weighted by Gasteiger charge is 2.15. The Labute approximate surface area is 104 Å². The molecule has 0 atom stereocenters. The van der Waals surface area contributed by atoms with Crippen LogP contribution in [0.2, 0.25) is 0 Å². The van der Waals surface area contributed by atoms with Crippen LogP contribution >= 0.6 is 11.3 Å². The molecule has 1 rings (SSSR count). The molecule has 17 heavy (non-hydrogen) atoms. The van der Waals surface area contributed by atoms with Crippen molar-refractivity contribution in [2.45, 2.75) is 26.7 Å². The SMILES string of the molecule is CCc1nc(NS(=O)(=O)CCC(=O)O)sc1C. The normalized spacial score (nSPS) is 11.4. The van der Waals surface area contributed by atoms with Crippen molar-refractivity contribution in [1.29, 1.82) is 0 Å². The third kappa shape index (κ3) is 4.31. The lowest BCUT2D eigenvalue weighted by Crippen LogP contribution is -2.18. The van der Waals surface area contributed by atoms with E-state index in [9.17, 15) is 13.2 Å². The van der Waals surface area contributed by atoms with Gasteiger partial charge in [0.2, 0.25) is 10.0 Å². The molecule has 2 N–H and O–H groups in total. The summed E-state index contributed by atoms with van der Waals surface area (Å²) in [4.78, 5) is 15.4. The highest BCUT2D eigenvalue weighted by Crippen LogP contribution is 2.23. The molecule has 0 unspecified atom stereocenters. The van der Waals surface area contributed by atoms with E-state index in [1.807, 2.05) is 13.8 Å². The van der Waals surface area contributed by atoms with Crippen LogP contribution in [0.4, 0.5) is 5.13 Å². The number of carboxylic acids is 1. The molecule has 1 aromatic rings. The summed E-state index contributed by atoms with van der Waals surface area (Å²) < 4.78 is 25.3. The van der Waals surface area contributed by atoms with Crippen molar-refractivity contribution in [2.24, 2.45) is 0 Å². The zero-order chi connectivity index (χ0) is 13.1. The van der Waals surface area contributed by atoms with Crippen molar-refractivity contribution in [3.63, 3.8) is 0 Å². The molecular weight excluding hydrogens is 264 g/mol. The number of thiazole rings is 1. The zero-order valence-electron chi connectivity index (χ0n) is 9.56. The highest BCUT2D eigenvalue weighted by molar-refractivity contribution is 7.92. The summed E-state index contributed by atoms with van der Waals surface area (Å²) in [6.07, 6.45) is 0.319. The van der Waals surface area contributed by atoms with E-state index in [4.69, 9.17) is 5.11 Å². The minimum absolute atomic E-state index is 0.296. The quantitative estimate of drug-likeness (QED) is 0.815. The third-order valence-electron chi connectivity index (χ3n) is 2.06. The van der Waals surface area contributed by atoms with Gasteiger partial charge in [0.25, 0.3) is 0 Å². The molecule has 96 valence electrons. The van der Waals surface area contributed by atoms with E-state index in [0.717, 1.165) is 17.0 Å². The van der Waals surface area contributed by atoms with Gasteiger partial charge in [0, 0.05) is 4.88 Å². The molecular formula is C9H14N2O4S2. The molecule has 0 saturated carbocycles. The van der Waals surface area contributed by atoms with Crippen LogP contribution in [0.3, 0.4) is 0 Å². The van der Waals surface area contributed by atoms with Crippen LogP contribution in [0.15, 0.2) is 0 Å². The minimum atomic E-state index is -3.62. The van der Waals surface area contributed by atoms with Gasteiger partial charge in [0.1, 0.15) is 0 Å². The lowest BCUT2D eigenvalue weighted by atomic mass is 10.3. The van der Waals surface area contributed by atoms with E-state index < -0.39 is 28.2 Å². The fourth-order valence-corrected chi connectivity index (χ4v) is 3.36. The third-order valence-corrected chi connectivity index (χ3v) is 4.36. The fraction of sp³-hybridized carbons (Fsp3) is 0.556. The molecule has 6 nitrogen and oxygen atoms in total. The van der Waals surface area contributed by atoms with Gasteiger partial charge in [-0.15, -0.1) is 11.3 Å². The molecule has 0 aliphatic rings. The summed E-state index contributed by atoms with van der Waals surface area (Å²) in [6, 6.07) is 0. The number of aryl methyl sites for hydroxylation is 2. The van der Waals surface area contributed by atoms with E-state index in [0.29, 0.717) is 5.13 Å². The molecule has 0 aromatic carbocycles. The van der Waals surface area contributed by atoms with E-state index in [-0.39, 0.29) is 0 Å². The van der Waals surface area contributed by atoms with Crippen LogP contribution in [0.25, 0.3) is 0 Å². The number of nitrogens with zero attached hydrogens (tertiary/aromatic N) is 1. The molecule has 8 heteroatoms. The van der Waals surface area contributed by atoms with Crippen LogP contribution in [0.5, 0.6) is 0 Å². The Bertz CT molecular complexity index is 507. The van der Waals surface area contributed by atoms with Gasteiger partial charge in [-0.3, -0.25) is 9.52 Å². The molecule has 0 aliphatic heterocycles. The zero-order valence-corrected chi connectivity index (χ0v) is 11.2. The molecule has 0 amide bonds. The second-order valence-corrected chi connectivity index (χ2v) is 6.49. The summed E-state index contributed by atoms with van der Waals surface area (Å²) in [7, 11) is -3.62. The number of hydrogen-bond donors (Lipinski definition) is 2. The smallest absolute Gasteiger partial charge is 0.304 e. The van der Waals surface area contributed by atoms with E-state index >= 15 is 0 Å². The Hall–Kier alpha value is -1.15. The van der Waals surface area contributed by atoms with Crippen molar-refractivity contribution >= 4 is 32.5 Å². The van der Waals surface area contributed by atoms with Gasteiger partial charge in [-0.25, -0.2) is 13.4 Å². The maximum absolute atomic E-state index is 11.5. The Balaban J connectivity index is 2.72. The Kier molecular flexibility index (Phi) is 4.47. The molecule has 1 heterocycles. The highest BCUT2D eigenvalue weighted by atomic mass is 32.2. The number of anilines is 1. The van der Waals surface area contributed by atoms with Crippen LogP contribution in [0.1, 0.15) is 23.9 Å².